The normalized spacial score (nSPS) is 25.9. The van der Waals surface area contributed by atoms with Crippen LogP contribution in [0.1, 0.15) is 33.1 Å². The maximum atomic E-state index is 12.3. The summed E-state index contributed by atoms with van der Waals surface area (Å²) >= 11 is 0. The molecule has 3 heteroatoms. The molecule has 1 aliphatic rings. The molecule has 1 aromatic heterocycles. The third kappa shape index (κ3) is 2.97. The van der Waals surface area contributed by atoms with E-state index in [0.29, 0.717) is 24.4 Å². The smallest absolute Gasteiger partial charge is 0.240 e. The number of benzene rings is 1. The van der Waals surface area contributed by atoms with Crippen molar-refractivity contribution in [3.63, 3.8) is 0 Å². The van der Waals surface area contributed by atoms with Gasteiger partial charge in [0.15, 0.2) is 0 Å². The van der Waals surface area contributed by atoms with Crippen LogP contribution in [-0.2, 0) is 11.3 Å². The molecule has 1 amide bonds. The number of rotatable bonds is 3. The van der Waals surface area contributed by atoms with Crippen molar-refractivity contribution in [2.24, 2.45) is 11.8 Å². The molecule has 0 unspecified atom stereocenters. The Morgan fingerprint density at radius 2 is 2.05 bits per heavy atom. The molecule has 1 saturated carbocycles. The third-order valence-electron chi connectivity index (χ3n) is 5.05. The van der Waals surface area contributed by atoms with Crippen LogP contribution in [0.5, 0.6) is 0 Å². The molecule has 1 aliphatic carbocycles. The number of hydrogen-bond acceptors (Lipinski definition) is 1. The Labute approximate surface area is 126 Å². The predicted molar refractivity (Wildman–Crippen MR) is 86.0 cm³/mol. The van der Waals surface area contributed by atoms with Gasteiger partial charge in [0, 0.05) is 17.8 Å². The summed E-state index contributed by atoms with van der Waals surface area (Å²) in [4.78, 5) is 12.3. The van der Waals surface area contributed by atoms with Crippen LogP contribution in [-0.4, -0.2) is 16.5 Å². The first-order chi connectivity index (χ1) is 10.1. The van der Waals surface area contributed by atoms with Gasteiger partial charge in [-0.3, -0.25) is 4.79 Å². The number of para-hydroxylation sites is 1. The Bertz CT molecular complexity index is 631. The second-order valence-electron chi connectivity index (χ2n) is 6.44. The lowest BCUT2D eigenvalue weighted by molar-refractivity contribution is -0.123. The fraction of sp³-hybridized carbons (Fsp3) is 0.500. The van der Waals surface area contributed by atoms with Crippen molar-refractivity contribution in [3.05, 3.63) is 36.5 Å². The second kappa shape index (κ2) is 5.92. The molecule has 1 heterocycles. The van der Waals surface area contributed by atoms with Crippen LogP contribution < -0.4 is 5.32 Å². The van der Waals surface area contributed by atoms with Gasteiger partial charge in [0.2, 0.25) is 5.91 Å². The van der Waals surface area contributed by atoms with Crippen LogP contribution in [0.25, 0.3) is 10.9 Å². The summed E-state index contributed by atoms with van der Waals surface area (Å²) in [6.07, 6.45) is 5.62. The number of amides is 1. The van der Waals surface area contributed by atoms with Crippen molar-refractivity contribution in [2.75, 3.05) is 0 Å². The SMILES string of the molecule is C[C@H]1[C@@H](NC(=O)Cn2ccc3ccccc32)CCC[C@@H]1C. The van der Waals surface area contributed by atoms with E-state index in [1.54, 1.807) is 0 Å². The Hall–Kier alpha value is -1.77. The molecule has 1 fully saturated rings. The lowest BCUT2D eigenvalue weighted by atomic mass is 9.78. The molecule has 0 saturated heterocycles. The van der Waals surface area contributed by atoms with Crippen LogP contribution in [0.3, 0.4) is 0 Å². The summed E-state index contributed by atoms with van der Waals surface area (Å²) in [7, 11) is 0. The number of nitrogens with zero attached hydrogens (tertiary/aromatic N) is 1. The number of carbonyl (C=O) groups is 1. The van der Waals surface area contributed by atoms with Gasteiger partial charge in [0.1, 0.15) is 6.54 Å². The van der Waals surface area contributed by atoms with Gasteiger partial charge in [-0.1, -0.05) is 44.9 Å². The van der Waals surface area contributed by atoms with Gasteiger partial charge < -0.3 is 9.88 Å². The topological polar surface area (TPSA) is 34.0 Å². The summed E-state index contributed by atoms with van der Waals surface area (Å²) in [5.74, 6) is 1.41. The van der Waals surface area contributed by atoms with Crippen LogP contribution in [0, 0.1) is 11.8 Å². The molecule has 0 bridgehead atoms. The number of aromatic nitrogens is 1. The maximum absolute atomic E-state index is 12.3. The van der Waals surface area contributed by atoms with Gasteiger partial charge >= 0.3 is 0 Å². The molecule has 0 radical (unpaired) electrons. The zero-order valence-corrected chi connectivity index (χ0v) is 12.9. The average Bonchev–Trinajstić information content (AvgIpc) is 2.87. The molecule has 21 heavy (non-hydrogen) atoms. The maximum Gasteiger partial charge on any atom is 0.240 e. The summed E-state index contributed by atoms with van der Waals surface area (Å²) in [5.41, 5.74) is 1.12. The van der Waals surface area contributed by atoms with Gasteiger partial charge in [-0.25, -0.2) is 0 Å². The van der Waals surface area contributed by atoms with E-state index in [-0.39, 0.29) is 5.91 Å². The van der Waals surface area contributed by atoms with Crippen LogP contribution in [0.4, 0.5) is 0 Å². The van der Waals surface area contributed by atoms with Crippen molar-refractivity contribution < 1.29 is 4.79 Å². The van der Waals surface area contributed by atoms with Gasteiger partial charge in [-0.05, 0) is 35.8 Å². The lowest BCUT2D eigenvalue weighted by Crippen LogP contribution is -2.44. The summed E-state index contributed by atoms with van der Waals surface area (Å²) in [6, 6.07) is 10.6. The van der Waals surface area contributed by atoms with Crippen molar-refractivity contribution in [2.45, 2.75) is 45.7 Å². The van der Waals surface area contributed by atoms with Crippen LogP contribution in [0.2, 0.25) is 0 Å². The zero-order chi connectivity index (χ0) is 14.8. The number of fused-ring (bicyclic) bond motifs is 1. The van der Waals surface area contributed by atoms with E-state index in [1.165, 1.54) is 18.2 Å². The molecule has 112 valence electrons. The Morgan fingerprint density at radius 3 is 2.90 bits per heavy atom. The van der Waals surface area contributed by atoms with Crippen molar-refractivity contribution in [1.82, 2.24) is 9.88 Å². The Balaban J connectivity index is 1.66. The minimum Gasteiger partial charge on any atom is -0.352 e. The number of hydrogen-bond donors (Lipinski definition) is 1. The standard InChI is InChI=1S/C18H24N2O/c1-13-6-5-8-16(14(13)2)19-18(21)12-20-11-10-15-7-3-4-9-17(15)20/h3-4,7,9-11,13-14,16H,5-6,8,12H2,1-2H3,(H,19,21)/t13-,14+,16-/m0/s1. The van der Waals surface area contributed by atoms with Crippen molar-refractivity contribution in [3.8, 4) is 0 Å². The first-order valence-electron chi connectivity index (χ1n) is 7.98. The molecule has 2 aromatic rings. The molecular formula is C18H24N2O. The minimum absolute atomic E-state index is 0.127. The van der Waals surface area contributed by atoms with Crippen LogP contribution in [0.15, 0.2) is 36.5 Å². The van der Waals surface area contributed by atoms with Gasteiger partial charge in [0.25, 0.3) is 0 Å². The lowest BCUT2D eigenvalue weighted by Gasteiger charge is -2.34. The number of nitrogens with one attached hydrogen (secondary N) is 1. The van der Waals surface area contributed by atoms with E-state index in [0.717, 1.165) is 11.9 Å². The summed E-state index contributed by atoms with van der Waals surface area (Å²) in [6.45, 7) is 4.97. The number of carbonyl (C=O) groups excluding carboxylic acids is 1. The first-order valence-corrected chi connectivity index (χ1v) is 7.98. The van der Waals surface area contributed by atoms with E-state index in [1.807, 2.05) is 22.9 Å². The highest BCUT2D eigenvalue weighted by atomic mass is 16.2. The molecule has 3 nitrogen and oxygen atoms in total. The third-order valence-corrected chi connectivity index (χ3v) is 5.05. The van der Waals surface area contributed by atoms with E-state index in [9.17, 15) is 4.79 Å². The highest BCUT2D eigenvalue weighted by Gasteiger charge is 2.28. The Morgan fingerprint density at radius 1 is 1.24 bits per heavy atom. The highest BCUT2D eigenvalue weighted by molar-refractivity contribution is 5.83. The van der Waals surface area contributed by atoms with Crippen molar-refractivity contribution >= 4 is 16.8 Å². The quantitative estimate of drug-likeness (QED) is 0.918. The fourth-order valence-electron chi connectivity index (χ4n) is 3.47. The molecule has 0 spiro atoms. The largest absolute Gasteiger partial charge is 0.352 e. The molecule has 1 N–H and O–H groups in total. The van der Waals surface area contributed by atoms with Gasteiger partial charge in [0.05, 0.1) is 0 Å². The molecule has 3 rings (SSSR count). The van der Waals surface area contributed by atoms with Gasteiger partial charge in [-0.2, -0.15) is 0 Å². The monoisotopic (exact) mass is 284 g/mol. The fourth-order valence-corrected chi connectivity index (χ4v) is 3.47. The molecular weight excluding hydrogens is 260 g/mol. The Kier molecular flexibility index (Phi) is 4.00. The molecule has 1 aromatic carbocycles. The molecule has 3 atom stereocenters. The predicted octanol–water partition coefficient (Wildman–Crippen LogP) is 3.58. The van der Waals surface area contributed by atoms with E-state index in [2.05, 4.69) is 37.4 Å². The highest BCUT2D eigenvalue weighted by Crippen LogP contribution is 2.29. The van der Waals surface area contributed by atoms with E-state index < -0.39 is 0 Å². The van der Waals surface area contributed by atoms with Crippen LogP contribution >= 0.6 is 0 Å². The second-order valence-corrected chi connectivity index (χ2v) is 6.44. The molecule has 0 aliphatic heterocycles. The van der Waals surface area contributed by atoms with Gasteiger partial charge in [-0.15, -0.1) is 0 Å². The van der Waals surface area contributed by atoms with E-state index >= 15 is 0 Å². The first kappa shape index (κ1) is 14.2. The summed E-state index contributed by atoms with van der Waals surface area (Å²) < 4.78 is 2.03. The average molecular weight is 284 g/mol. The van der Waals surface area contributed by atoms with E-state index in [4.69, 9.17) is 0 Å². The summed E-state index contributed by atoms with van der Waals surface area (Å²) in [5, 5.41) is 4.43. The zero-order valence-electron chi connectivity index (χ0n) is 12.9. The minimum atomic E-state index is 0.127. The van der Waals surface area contributed by atoms with Crippen molar-refractivity contribution in [1.29, 1.82) is 0 Å².